The van der Waals surface area contributed by atoms with Crippen LogP contribution in [-0.2, 0) is 16.2 Å². The van der Waals surface area contributed by atoms with Crippen LogP contribution in [0.25, 0.3) is 0 Å². The number of primary sulfonamides is 1. The van der Waals surface area contributed by atoms with Crippen LogP contribution >= 0.6 is 0 Å². The molecular weight excluding hydrogens is 385 g/mol. The topological polar surface area (TPSA) is 102 Å². The highest BCUT2D eigenvalue weighted by molar-refractivity contribution is 7.89. The highest BCUT2D eigenvalue weighted by Crippen LogP contribution is 2.40. The zero-order valence-corrected chi connectivity index (χ0v) is 15.5. The van der Waals surface area contributed by atoms with Crippen LogP contribution < -0.4 is 10.0 Å². The third-order valence-electron chi connectivity index (χ3n) is 4.41. The molecule has 2 aromatic rings. The highest BCUT2D eigenvalue weighted by atomic mass is 32.2. The fourth-order valence-electron chi connectivity index (χ4n) is 3.13. The van der Waals surface area contributed by atoms with E-state index < -0.39 is 26.7 Å². The lowest BCUT2D eigenvalue weighted by molar-refractivity contribution is -0.139. The quantitative estimate of drug-likeness (QED) is 0.840. The van der Waals surface area contributed by atoms with Crippen molar-refractivity contribution < 1.29 is 26.1 Å². The molecule has 1 saturated heterocycles. The molecule has 0 radical (unpaired) electrons. The third kappa shape index (κ3) is 3.93. The molecule has 0 bridgehead atoms. The van der Waals surface area contributed by atoms with Crippen LogP contribution in [0, 0.1) is 0 Å². The van der Waals surface area contributed by atoms with Crippen molar-refractivity contribution >= 4 is 15.7 Å². The van der Waals surface area contributed by atoms with E-state index in [2.05, 4.69) is 10.1 Å². The van der Waals surface area contributed by atoms with Gasteiger partial charge in [0.05, 0.1) is 16.5 Å². The molecule has 1 aromatic carbocycles. The minimum atomic E-state index is -4.86. The van der Waals surface area contributed by atoms with E-state index in [0.717, 1.165) is 18.6 Å². The molecule has 2 heterocycles. The van der Waals surface area contributed by atoms with Crippen molar-refractivity contribution in [2.24, 2.45) is 5.14 Å². The number of anilines is 1. The standard InChI is InChI=1S/C16H19F3N4O3S/c1-9(2)15-21-14(22-26-15)12-4-3-7-23(12)10-5-6-13(27(20,24)25)11(8-10)16(17,18)19/h5-6,8-9,12H,3-4,7H2,1-2H3,(H2,20,24,25). The van der Waals surface area contributed by atoms with Crippen molar-refractivity contribution in [2.75, 3.05) is 11.4 Å². The fourth-order valence-corrected chi connectivity index (χ4v) is 3.87. The molecule has 1 fully saturated rings. The summed E-state index contributed by atoms with van der Waals surface area (Å²) in [7, 11) is -4.51. The predicted octanol–water partition coefficient (Wildman–Crippen LogP) is 3.20. The maximum atomic E-state index is 13.4. The second-order valence-electron chi connectivity index (χ2n) is 6.72. The van der Waals surface area contributed by atoms with Gasteiger partial charge in [-0.15, -0.1) is 0 Å². The van der Waals surface area contributed by atoms with Crippen molar-refractivity contribution in [2.45, 2.75) is 49.7 Å². The van der Waals surface area contributed by atoms with E-state index in [1.54, 1.807) is 4.90 Å². The summed E-state index contributed by atoms with van der Waals surface area (Å²) in [6.45, 7) is 4.28. The van der Waals surface area contributed by atoms with Crippen molar-refractivity contribution in [1.82, 2.24) is 10.1 Å². The number of benzene rings is 1. The van der Waals surface area contributed by atoms with Gasteiger partial charge in [0.1, 0.15) is 0 Å². The summed E-state index contributed by atoms with van der Waals surface area (Å²) in [6.07, 6.45) is -3.48. The Morgan fingerprint density at radius 1 is 1.33 bits per heavy atom. The third-order valence-corrected chi connectivity index (χ3v) is 5.38. The van der Waals surface area contributed by atoms with Crippen LogP contribution in [0.4, 0.5) is 18.9 Å². The van der Waals surface area contributed by atoms with Crippen molar-refractivity contribution in [3.05, 3.63) is 35.5 Å². The molecule has 0 amide bonds. The molecule has 1 atom stereocenters. The summed E-state index contributed by atoms with van der Waals surface area (Å²) >= 11 is 0. The van der Waals surface area contributed by atoms with Gasteiger partial charge in [-0.25, -0.2) is 13.6 Å². The SMILES string of the molecule is CC(C)c1nc(C2CCCN2c2ccc(S(N)(=O)=O)c(C(F)(F)F)c2)no1. The minimum absolute atomic E-state index is 0.0342. The lowest BCUT2D eigenvalue weighted by atomic mass is 10.1. The van der Waals surface area contributed by atoms with Gasteiger partial charge in [-0.2, -0.15) is 18.2 Å². The van der Waals surface area contributed by atoms with E-state index in [4.69, 9.17) is 9.66 Å². The molecule has 0 aliphatic carbocycles. The molecule has 7 nitrogen and oxygen atoms in total. The molecule has 2 N–H and O–H groups in total. The number of nitrogens with zero attached hydrogens (tertiary/aromatic N) is 3. The van der Waals surface area contributed by atoms with Gasteiger partial charge >= 0.3 is 6.18 Å². The summed E-state index contributed by atoms with van der Waals surface area (Å²) in [5, 5.41) is 8.89. The number of rotatable bonds is 4. The largest absolute Gasteiger partial charge is 0.417 e. The normalized spacial score (nSPS) is 18.5. The first-order chi connectivity index (χ1) is 12.5. The first-order valence-corrected chi connectivity index (χ1v) is 9.87. The summed E-state index contributed by atoms with van der Waals surface area (Å²) in [5.41, 5.74) is -1.06. The molecule has 11 heteroatoms. The summed E-state index contributed by atoms with van der Waals surface area (Å²) < 4.78 is 68.4. The molecule has 3 rings (SSSR count). The number of aromatic nitrogens is 2. The molecule has 148 valence electrons. The predicted molar refractivity (Wildman–Crippen MR) is 90.5 cm³/mol. The number of halogens is 3. The van der Waals surface area contributed by atoms with Crippen LogP contribution in [0.15, 0.2) is 27.6 Å². The van der Waals surface area contributed by atoms with E-state index in [-0.39, 0.29) is 17.6 Å². The Hall–Kier alpha value is -2.14. The van der Waals surface area contributed by atoms with Gasteiger partial charge in [0.25, 0.3) is 0 Å². The van der Waals surface area contributed by atoms with E-state index in [0.29, 0.717) is 24.7 Å². The van der Waals surface area contributed by atoms with Gasteiger partial charge in [0.2, 0.25) is 15.9 Å². The number of hydrogen-bond donors (Lipinski definition) is 1. The van der Waals surface area contributed by atoms with Crippen LogP contribution in [0.1, 0.15) is 55.9 Å². The second kappa shape index (κ2) is 6.79. The Balaban J connectivity index is 2.02. The lowest BCUT2D eigenvalue weighted by Gasteiger charge is -2.26. The Morgan fingerprint density at radius 2 is 2.04 bits per heavy atom. The monoisotopic (exact) mass is 404 g/mol. The van der Waals surface area contributed by atoms with Crippen molar-refractivity contribution in [3.8, 4) is 0 Å². The summed E-state index contributed by atoms with van der Waals surface area (Å²) in [6, 6.07) is 2.67. The molecule has 0 spiro atoms. The van der Waals surface area contributed by atoms with Gasteiger partial charge in [-0.1, -0.05) is 19.0 Å². The Kier molecular flexibility index (Phi) is 4.93. The van der Waals surface area contributed by atoms with E-state index in [1.165, 1.54) is 6.07 Å². The molecule has 0 saturated carbocycles. The summed E-state index contributed by atoms with van der Waals surface area (Å²) in [5.74, 6) is 0.893. The first kappa shape index (κ1) is 19.6. The number of nitrogens with two attached hydrogens (primary N) is 1. The maximum Gasteiger partial charge on any atom is 0.417 e. The van der Waals surface area contributed by atoms with Gasteiger partial charge in [-0.05, 0) is 31.0 Å². The van der Waals surface area contributed by atoms with Crippen LogP contribution in [0.3, 0.4) is 0 Å². The zero-order chi connectivity index (χ0) is 20.0. The van der Waals surface area contributed by atoms with Crippen LogP contribution in [0.2, 0.25) is 0 Å². The van der Waals surface area contributed by atoms with Crippen LogP contribution in [-0.4, -0.2) is 25.1 Å². The van der Waals surface area contributed by atoms with Gasteiger partial charge in [0.15, 0.2) is 5.82 Å². The highest BCUT2D eigenvalue weighted by Gasteiger charge is 2.38. The smallest absolute Gasteiger partial charge is 0.361 e. The zero-order valence-electron chi connectivity index (χ0n) is 14.7. The Morgan fingerprint density at radius 3 is 2.59 bits per heavy atom. The number of alkyl halides is 3. The van der Waals surface area contributed by atoms with Gasteiger partial charge in [-0.3, -0.25) is 0 Å². The van der Waals surface area contributed by atoms with E-state index in [1.807, 2.05) is 13.8 Å². The average Bonchev–Trinajstić information content (AvgIpc) is 3.21. The molecule has 1 aliphatic rings. The second-order valence-corrected chi connectivity index (χ2v) is 8.25. The Labute approximate surface area is 154 Å². The van der Waals surface area contributed by atoms with Crippen LogP contribution in [0.5, 0.6) is 0 Å². The lowest BCUT2D eigenvalue weighted by Crippen LogP contribution is -2.25. The molecule has 1 unspecified atom stereocenters. The molecule has 27 heavy (non-hydrogen) atoms. The minimum Gasteiger partial charge on any atom is -0.361 e. The van der Waals surface area contributed by atoms with E-state index in [9.17, 15) is 21.6 Å². The average molecular weight is 404 g/mol. The Bertz CT molecular complexity index is 941. The van der Waals surface area contributed by atoms with Crippen molar-refractivity contribution in [3.63, 3.8) is 0 Å². The number of hydrogen-bond acceptors (Lipinski definition) is 6. The fraction of sp³-hybridized carbons (Fsp3) is 0.500. The van der Waals surface area contributed by atoms with Gasteiger partial charge < -0.3 is 9.42 Å². The maximum absolute atomic E-state index is 13.4. The molecular formula is C16H19F3N4O3S. The van der Waals surface area contributed by atoms with Crippen molar-refractivity contribution in [1.29, 1.82) is 0 Å². The number of sulfonamides is 1. The molecule has 1 aromatic heterocycles. The first-order valence-electron chi connectivity index (χ1n) is 8.32. The summed E-state index contributed by atoms with van der Waals surface area (Å²) in [4.78, 5) is 5.11. The molecule has 1 aliphatic heterocycles. The van der Waals surface area contributed by atoms with Gasteiger partial charge in [0, 0.05) is 18.2 Å². The van der Waals surface area contributed by atoms with E-state index >= 15 is 0 Å².